The fourth-order valence-electron chi connectivity index (χ4n) is 7.82. The van der Waals surface area contributed by atoms with E-state index >= 15 is 0 Å². The van der Waals surface area contributed by atoms with E-state index in [-0.39, 0.29) is 39.6 Å². The minimum Gasteiger partial charge on any atom is -0.762 e. The van der Waals surface area contributed by atoms with Gasteiger partial charge in [0.25, 0.3) is 0 Å². The van der Waals surface area contributed by atoms with Crippen LogP contribution in [0.25, 0.3) is 54.1 Å². The Balaban J connectivity index is 1.58. The van der Waals surface area contributed by atoms with Crippen LogP contribution in [0.3, 0.4) is 0 Å². The van der Waals surface area contributed by atoms with Gasteiger partial charge in [-0.3, -0.25) is 10.7 Å². The highest BCUT2D eigenvalue weighted by atomic mass is 16.3. The van der Waals surface area contributed by atoms with Crippen LogP contribution < -0.4 is 9.80 Å². The molecule has 0 fully saturated rings. The van der Waals surface area contributed by atoms with Crippen molar-refractivity contribution >= 4 is 71.7 Å². The molecule has 0 aliphatic heterocycles. The summed E-state index contributed by atoms with van der Waals surface area (Å²) >= 11 is 0. The molecular weight excluding hydrogens is 620 g/mol. The van der Waals surface area contributed by atoms with Crippen molar-refractivity contribution in [2.75, 3.05) is 36.0 Å². The first-order chi connectivity index (χ1) is 24.3. The summed E-state index contributed by atoms with van der Waals surface area (Å²) in [6.07, 6.45) is 0. The van der Waals surface area contributed by atoms with E-state index in [9.17, 15) is 25.7 Å². The molecule has 7 rings (SSSR count). The van der Waals surface area contributed by atoms with Crippen molar-refractivity contribution in [2.45, 2.75) is 33.6 Å². The Morgan fingerprint density at radius 2 is 1.14 bits per heavy atom. The lowest BCUT2D eigenvalue weighted by Gasteiger charge is -2.35. The number of benzene rings is 6. The number of allylic oxidation sites excluding steroid dienone is 3. The zero-order chi connectivity index (χ0) is 35.3. The fraction of sp³-hybridized carbons (Fsp3) is 0.209. The molecule has 50 heavy (non-hydrogen) atoms. The van der Waals surface area contributed by atoms with Gasteiger partial charge in [-0.1, -0.05) is 48.5 Å². The van der Waals surface area contributed by atoms with Gasteiger partial charge in [0.2, 0.25) is 0 Å². The number of carbonyl (C=O) groups excluding carboxylic acids is 1. The zero-order valence-electron chi connectivity index (χ0n) is 28.6. The van der Waals surface area contributed by atoms with Crippen molar-refractivity contribution in [1.29, 1.82) is 5.26 Å². The minimum atomic E-state index is -1.09. The number of hydrogen-bond acceptors (Lipinski definition) is 6. The molecule has 7 nitrogen and oxygen atoms in total. The molecule has 0 bridgehead atoms. The predicted molar refractivity (Wildman–Crippen MR) is 206 cm³/mol. The molecule has 1 aliphatic carbocycles. The fourth-order valence-corrected chi connectivity index (χ4v) is 7.82. The second kappa shape index (κ2) is 12.7. The van der Waals surface area contributed by atoms with Crippen molar-refractivity contribution in [3.8, 4) is 17.6 Å². The smallest absolute Gasteiger partial charge is 0.176 e. The Labute approximate surface area is 291 Å². The first-order valence-corrected chi connectivity index (χ1v) is 17.1. The quantitative estimate of drug-likeness (QED) is 0.0911. The lowest BCUT2D eigenvalue weighted by atomic mass is 9.65. The standard InChI is InChI=1S/C43H37N4O3/c1-5-46(6-2)34-21-36(48)39(32-19-27-15-11-9-13-25(27)17-30(32)34)41-38(29(23-44)24-45)42(43(41)50)40-33-20-28-16-12-10-14-26(28)18-31(33)35(22-37(40)49)47(7-3)8-4/h9-22,41,48-49H,5-8H2,1-4H3/q-1. The number of hydrogen-bond donors (Lipinski definition) is 2. The molecular formula is C43H37N4O3-. The monoisotopic (exact) mass is 657 g/mol. The summed E-state index contributed by atoms with van der Waals surface area (Å²) in [5, 5.41) is 51.1. The maximum absolute atomic E-state index is 14.8. The van der Waals surface area contributed by atoms with Gasteiger partial charge in [0.15, 0.2) is 5.78 Å². The molecule has 6 aromatic rings. The van der Waals surface area contributed by atoms with Crippen LogP contribution in [-0.4, -0.2) is 48.0 Å². The Morgan fingerprint density at radius 3 is 1.60 bits per heavy atom. The average Bonchev–Trinajstić information content (AvgIpc) is 3.13. The van der Waals surface area contributed by atoms with Gasteiger partial charge in [-0.15, -0.1) is 0 Å². The van der Waals surface area contributed by atoms with Crippen molar-refractivity contribution in [1.82, 2.24) is 0 Å². The molecule has 0 saturated carbocycles. The second-order valence-corrected chi connectivity index (χ2v) is 12.6. The molecule has 0 saturated heterocycles. The number of aromatic hydroxyl groups is 2. The number of fused-ring (bicyclic) bond motifs is 4. The van der Waals surface area contributed by atoms with Crippen LogP contribution in [0.5, 0.6) is 11.5 Å². The van der Waals surface area contributed by atoms with E-state index in [0.717, 1.165) is 43.7 Å². The Hall–Kier alpha value is -6.09. The van der Waals surface area contributed by atoms with E-state index in [1.54, 1.807) is 12.1 Å². The molecule has 0 amide bonds. The van der Waals surface area contributed by atoms with E-state index < -0.39 is 5.92 Å². The first-order valence-electron chi connectivity index (χ1n) is 17.1. The predicted octanol–water partition coefficient (Wildman–Crippen LogP) is 9.21. The first kappa shape index (κ1) is 32.5. The zero-order valence-corrected chi connectivity index (χ0v) is 28.6. The molecule has 1 aliphatic rings. The minimum absolute atomic E-state index is 0.0863. The summed E-state index contributed by atoms with van der Waals surface area (Å²) in [5.74, 6) is 0.370. The molecule has 6 aromatic carbocycles. The summed E-state index contributed by atoms with van der Waals surface area (Å²) in [7, 11) is 0. The molecule has 7 heteroatoms. The number of nitrogens with zero attached hydrogens (tertiary/aromatic N) is 4. The van der Waals surface area contributed by atoms with Gasteiger partial charge in [-0.2, -0.15) is 5.26 Å². The van der Waals surface area contributed by atoms with Crippen molar-refractivity contribution in [3.63, 3.8) is 0 Å². The lowest BCUT2D eigenvalue weighted by molar-refractivity contribution is -0.115. The third-order valence-electron chi connectivity index (χ3n) is 10.3. The molecule has 248 valence electrons. The van der Waals surface area contributed by atoms with Gasteiger partial charge in [0.1, 0.15) is 17.6 Å². The van der Waals surface area contributed by atoms with Gasteiger partial charge in [0, 0.05) is 82.7 Å². The number of carbonyl (C=O) groups is 1. The summed E-state index contributed by atoms with van der Waals surface area (Å²) in [5.41, 5.74) is 2.40. The van der Waals surface area contributed by atoms with Gasteiger partial charge >= 0.3 is 0 Å². The SMILES string of the molecule is CCN(CC)c1cc(O)c(C2=C(C(=C=[N-])C#N)C(c3c(O)cc(N(CC)CC)c4cc5ccccc5cc34)C2=O)c2cc3ccccc3cc12. The number of nitriles is 1. The van der Waals surface area contributed by atoms with Crippen molar-refractivity contribution in [2.24, 2.45) is 0 Å². The highest BCUT2D eigenvalue weighted by Gasteiger charge is 2.46. The van der Waals surface area contributed by atoms with E-state index in [1.165, 1.54) is 0 Å². The topological polar surface area (TPSA) is 110 Å². The van der Waals surface area contributed by atoms with Gasteiger partial charge in [-0.05, 0) is 84.3 Å². The van der Waals surface area contributed by atoms with Gasteiger partial charge in [-0.25, -0.2) is 0 Å². The number of rotatable bonds is 9. The third-order valence-corrected chi connectivity index (χ3v) is 10.3. The van der Waals surface area contributed by atoms with Crippen LogP contribution in [0, 0.1) is 11.3 Å². The Kier molecular flexibility index (Phi) is 8.27. The normalized spacial score (nSPS) is 14.2. The van der Waals surface area contributed by atoms with Crippen LogP contribution in [0.2, 0.25) is 0 Å². The molecule has 2 N–H and O–H groups in total. The van der Waals surface area contributed by atoms with E-state index in [2.05, 4.69) is 49.6 Å². The van der Waals surface area contributed by atoms with Crippen LogP contribution in [0.15, 0.2) is 96.1 Å². The summed E-state index contributed by atoms with van der Waals surface area (Å²) in [6.45, 7) is 11.0. The molecule has 1 atom stereocenters. The van der Waals surface area contributed by atoms with Crippen molar-refractivity contribution < 1.29 is 15.0 Å². The largest absolute Gasteiger partial charge is 0.762 e. The van der Waals surface area contributed by atoms with Crippen LogP contribution in [0.1, 0.15) is 44.7 Å². The van der Waals surface area contributed by atoms with Gasteiger partial charge < -0.3 is 25.4 Å². The summed E-state index contributed by atoms with van der Waals surface area (Å²) < 4.78 is 0. The van der Waals surface area contributed by atoms with Crippen LogP contribution in [0.4, 0.5) is 11.4 Å². The van der Waals surface area contributed by atoms with Crippen LogP contribution >= 0.6 is 0 Å². The van der Waals surface area contributed by atoms with E-state index in [0.29, 0.717) is 42.5 Å². The van der Waals surface area contributed by atoms with Gasteiger partial charge in [0.05, 0.1) is 11.5 Å². The van der Waals surface area contributed by atoms with Crippen molar-refractivity contribution in [3.05, 3.63) is 113 Å². The molecule has 0 spiro atoms. The maximum atomic E-state index is 14.8. The number of phenols is 2. The summed E-state index contributed by atoms with van der Waals surface area (Å²) in [6, 6.07) is 29.3. The molecule has 0 heterocycles. The van der Waals surface area contributed by atoms with E-state index in [1.807, 2.05) is 72.6 Å². The number of anilines is 2. The highest BCUT2D eigenvalue weighted by Crippen LogP contribution is 2.55. The van der Waals surface area contributed by atoms with E-state index in [4.69, 9.17) is 0 Å². The lowest BCUT2D eigenvalue weighted by Crippen LogP contribution is -2.30. The van der Waals surface area contributed by atoms with Crippen LogP contribution in [-0.2, 0) is 4.79 Å². The highest BCUT2D eigenvalue weighted by molar-refractivity contribution is 6.38. The number of ketones is 1. The third kappa shape index (κ3) is 4.88. The summed E-state index contributed by atoms with van der Waals surface area (Å²) in [4.78, 5) is 19.1. The maximum Gasteiger partial charge on any atom is 0.176 e. The molecule has 0 radical (unpaired) electrons. The second-order valence-electron chi connectivity index (χ2n) is 12.6. The average molecular weight is 658 g/mol. The Morgan fingerprint density at radius 1 is 0.700 bits per heavy atom. The molecule has 0 aromatic heterocycles. The Bertz CT molecular complexity index is 2510. The molecule has 1 unspecified atom stereocenters. The number of phenolic OH excluding ortho intramolecular Hbond substituents is 2. The number of Topliss-reactive ketones (excluding diaryl/α,β-unsaturated/α-hetero) is 1.